The number of thiol groups is 1. The average molecular weight is 118 g/mol. The van der Waals surface area contributed by atoms with Crippen molar-refractivity contribution in [3.8, 4) is 0 Å². The van der Waals surface area contributed by atoms with Crippen LogP contribution in [0.3, 0.4) is 0 Å². The van der Waals surface area contributed by atoms with Gasteiger partial charge in [-0.1, -0.05) is 0 Å². The van der Waals surface area contributed by atoms with Gasteiger partial charge in [-0.25, -0.2) is 0 Å². The highest BCUT2D eigenvalue weighted by atomic mass is 32.1. The smallest absolute Gasteiger partial charge is 0.0626 e. The summed E-state index contributed by atoms with van der Waals surface area (Å²) in [6, 6.07) is 0. The molecule has 0 spiro atoms. The van der Waals surface area contributed by atoms with Crippen molar-refractivity contribution < 1.29 is 0 Å². The predicted molar refractivity (Wildman–Crippen MR) is 34.9 cm³/mol. The molecule has 7 heavy (non-hydrogen) atoms. The Balaban J connectivity index is 3.72. The summed E-state index contributed by atoms with van der Waals surface area (Å²) in [4.78, 5) is 0. The van der Waals surface area contributed by atoms with Crippen LogP contribution in [0, 0.1) is 0 Å². The fourth-order valence-corrected chi connectivity index (χ4v) is 0.196. The molecule has 0 rings (SSSR count). The largest absolute Gasteiger partial charge is 0.394 e. The second kappa shape index (κ2) is 2.93. The van der Waals surface area contributed by atoms with Crippen LogP contribution >= 0.6 is 12.6 Å². The molecule has 0 atom stereocenters. The molecule has 0 heterocycles. The van der Waals surface area contributed by atoms with E-state index >= 15 is 0 Å². The topological polar surface area (TPSA) is 52.0 Å². The Morgan fingerprint density at radius 2 is 2.14 bits per heavy atom. The normalized spacial score (nSPS) is 13.6. The molecule has 0 aromatic rings. The first-order valence-corrected chi connectivity index (χ1v) is 2.47. The Labute approximate surface area is 49.0 Å². The van der Waals surface area contributed by atoms with Crippen LogP contribution in [0.1, 0.15) is 6.92 Å². The summed E-state index contributed by atoms with van der Waals surface area (Å²) in [5, 5.41) is 0.530. The Hall–Kier alpha value is -0.150. The van der Waals surface area contributed by atoms with Crippen molar-refractivity contribution in [3.05, 3.63) is 10.6 Å². The SMILES string of the molecule is C/C(CN)=C(/N)S. The van der Waals surface area contributed by atoms with Crippen molar-refractivity contribution in [1.29, 1.82) is 0 Å². The molecule has 0 amide bonds. The summed E-state index contributed by atoms with van der Waals surface area (Å²) in [6.07, 6.45) is 0. The zero-order chi connectivity index (χ0) is 5.86. The summed E-state index contributed by atoms with van der Waals surface area (Å²) in [5.41, 5.74) is 11.3. The van der Waals surface area contributed by atoms with E-state index in [0.29, 0.717) is 11.6 Å². The zero-order valence-corrected chi connectivity index (χ0v) is 5.20. The van der Waals surface area contributed by atoms with Crippen LogP contribution in [0.15, 0.2) is 10.6 Å². The minimum atomic E-state index is 0.495. The van der Waals surface area contributed by atoms with E-state index < -0.39 is 0 Å². The maximum absolute atomic E-state index is 5.21. The Morgan fingerprint density at radius 1 is 1.71 bits per heavy atom. The van der Waals surface area contributed by atoms with Gasteiger partial charge < -0.3 is 11.5 Å². The third-order valence-electron chi connectivity index (χ3n) is 0.743. The molecular formula is C4H10N2S. The van der Waals surface area contributed by atoms with E-state index in [4.69, 9.17) is 11.5 Å². The van der Waals surface area contributed by atoms with E-state index in [2.05, 4.69) is 12.6 Å². The van der Waals surface area contributed by atoms with Gasteiger partial charge in [0.05, 0.1) is 5.03 Å². The van der Waals surface area contributed by atoms with E-state index in [9.17, 15) is 0 Å². The van der Waals surface area contributed by atoms with Crippen molar-refractivity contribution in [1.82, 2.24) is 0 Å². The first-order valence-electron chi connectivity index (χ1n) is 2.02. The lowest BCUT2D eigenvalue weighted by atomic mass is 10.3. The fraction of sp³-hybridized carbons (Fsp3) is 0.500. The summed E-state index contributed by atoms with van der Waals surface area (Å²) in [5.74, 6) is 0. The Kier molecular flexibility index (Phi) is 2.87. The molecule has 0 aromatic heterocycles. The molecule has 0 unspecified atom stereocenters. The van der Waals surface area contributed by atoms with Gasteiger partial charge >= 0.3 is 0 Å². The lowest BCUT2D eigenvalue weighted by Crippen LogP contribution is -2.04. The Morgan fingerprint density at radius 3 is 2.14 bits per heavy atom. The predicted octanol–water partition coefficient (Wildman–Crippen LogP) is 0.0651. The molecule has 4 N–H and O–H groups in total. The molecule has 0 bridgehead atoms. The highest BCUT2D eigenvalue weighted by Gasteiger charge is 1.84. The minimum Gasteiger partial charge on any atom is -0.394 e. The fourth-order valence-electron chi connectivity index (χ4n) is 0.105. The summed E-state index contributed by atoms with van der Waals surface area (Å²) in [6.45, 7) is 2.34. The average Bonchev–Trinajstić information content (AvgIpc) is 1.65. The van der Waals surface area contributed by atoms with E-state index in [1.807, 2.05) is 6.92 Å². The van der Waals surface area contributed by atoms with E-state index in [-0.39, 0.29) is 0 Å². The van der Waals surface area contributed by atoms with Crippen LogP contribution in [0.4, 0.5) is 0 Å². The molecule has 42 valence electrons. The summed E-state index contributed by atoms with van der Waals surface area (Å²) in [7, 11) is 0. The van der Waals surface area contributed by atoms with Crippen LogP contribution in [-0.4, -0.2) is 6.54 Å². The van der Waals surface area contributed by atoms with Crippen molar-refractivity contribution in [2.24, 2.45) is 11.5 Å². The van der Waals surface area contributed by atoms with Gasteiger partial charge in [0.1, 0.15) is 0 Å². The van der Waals surface area contributed by atoms with Crippen molar-refractivity contribution in [2.75, 3.05) is 6.54 Å². The highest BCUT2D eigenvalue weighted by molar-refractivity contribution is 7.84. The quantitative estimate of drug-likeness (QED) is 0.427. The molecule has 0 saturated heterocycles. The molecule has 0 radical (unpaired) electrons. The molecule has 0 fully saturated rings. The second-order valence-electron chi connectivity index (χ2n) is 1.37. The summed E-state index contributed by atoms with van der Waals surface area (Å²) < 4.78 is 0. The van der Waals surface area contributed by atoms with Gasteiger partial charge in [0.25, 0.3) is 0 Å². The third kappa shape index (κ3) is 2.53. The first kappa shape index (κ1) is 6.85. The molecule has 3 heteroatoms. The molecule has 0 aliphatic rings. The molecule has 0 aliphatic heterocycles. The molecule has 0 aliphatic carbocycles. The van der Waals surface area contributed by atoms with Crippen LogP contribution in [-0.2, 0) is 0 Å². The number of hydrogen-bond donors (Lipinski definition) is 3. The van der Waals surface area contributed by atoms with Gasteiger partial charge in [-0.15, -0.1) is 12.6 Å². The van der Waals surface area contributed by atoms with Crippen LogP contribution < -0.4 is 11.5 Å². The van der Waals surface area contributed by atoms with Gasteiger partial charge in [0.2, 0.25) is 0 Å². The van der Waals surface area contributed by atoms with Gasteiger partial charge in [0, 0.05) is 6.54 Å². The second-order valence-corrected chi connectivity index (χ2v) is 1.85. The standard InChI is InChI=1S/C4H10N2S/c1-3(2-5)4(6)7/h7H,2,5-6H2,1H3/b4-3+. The van der Waals surface area contributed by atoms with E-state index in [0.717, 1.165) is 5.57 Å². The van der Waals surface area contributed by atoms with Crippen LogP contribution in [0.25, 0.3) is 0 Å². The number of rotatable bonds is 1. The summed E-state index contributed by atoms with van der Waals surface area (Å²) >= 11 is 3.85. The van der Waals surface area contributed by atoms with Crippen LogP contribution in [0.2, 0.25) is 0 Å². The molecule has 2 nitrogen and oxygen atoms in total. The maximum atomic E-state index is 5.21. The maximum Gasteiger partial charge on any atom is 0.0626 e. The lowest BCUT2D eigenvalue weighted by molar-refractivity contribution is 1.12. The van der Waals surface area contributed by atoms with Gasteiger partial charge in [-0.3, -0.25) is 0 Å². The lowest BCUT2D eigenvalue weighted by Gasteiger charge is -1.93. The minimum absolute atomic E-state index is 0.495. The zero-order valence-electron chi connectivity index (χ0n) is 4.31. The number of hydrogen-bond acceptors (Lipinski definition) is 3. The molecule has 0 saturated carbocycles. The van der Waals surface area contributed by atoms with Crippen molar-refractivity contribution >= 4 is 12.6 Å². The number of nitrogens with two attached hydrogens (primary N) is 2. The Bertz CT molecular complexity index is 83.7. The van der Waals surface area contributed by atoms with Crippen molar-refractivity contribution in [2.45, 2.75) is 6.92 Å². The highest BCUT2D eigenvalue weighted by Crippen LogP contribution is 1.96. The third-order valence-corrected chi connectivity index (χ3v) is 1.13. The van der Waals surface area contributed by atoms with Gasteiger partial charge in [0.15, 0.2) is 0 Å². The van der Waals surface area contributed by atoms with Crippen LogP contribution in [0.5, 0.6) is 0 Å². The molecule has 0 aromatic carbocycles. The van der Waals surface area contributed by atoms with E-state index in [1.165, 1.54) is 0 Å². The van der Waals surface area contributed by atoms with E-state index in [1.54, 1.807) is 0 Å². The first-order chi connectivity index (χ1) is 3.18. The monoisotopic (exact) mass is 118 g/mol. The van der Waals surface area contributed by atoms with Crippen molar-refractivity contribution in [3.63, 3.8) is 0 Å². The van der Waals surface area contributed by atoms with Gasteiger partial charge in [-0.05, 0) is 12.5 Å². The molecular weight excluding hydrogens is 108 g/mol. The van der Waals surface area contributed by atoms with Gasteiger partial charge in [-0.2, -0.15) is 0 Å².